The highest BCUT2D eigenvalue weighted by atomic mass is 32.2. The molecular weight excluding hydrogens is 242 g/mol. The Morgan fingerprint density at radius 1 is 1.50 bits per heavy atom. The van der Waals surface area contributed by atoms with E-state index in [-0.39, 0.29) is 0 Å². The molecule has 0 bridgehead atoms. The summed E-state index contributed by atoms with van der Waals surface area (Å²) in [6.45, 7) is 1.95. The van der Waals surface area contributed by atoms with Crippen molar-refractivity contribution in [1.29, 1.82) is 0 Å². The third kappa shape index (κ3) is 2.91. The average Bonchev–Trinajstić information content (AvgIpc) is 2.73. The molecule has 2 aromatic heterocycles. The average molecular weight is 253 g/mol. The highest BCUT2D eigenvalue weighted by Crippen LogP contribution is 2.25. The van der Waals surface area contributed by atoms with E-state index in [2.05, 4.69) is 20.6 Å². The molecule has 0 aliphatic carbocycles. The number of thioether (sulfide) groups is 1. The molecule has 0 saturated heterocycles. The van der Waals surface area contributed by atoms with Gasteiger partial charge in [-0.2, -0.15) is 0 Å². The second-order valence-corrected chi connectivity index (χ2v) is 5.47. The maximum Gasteiger partial charge on any atom is 0.174 e. The van der Waals surface area contributed by atoms with Crippen molar-refractivity contribution in [2.45, 2.75) is 17.0 Å². The van der Waals surface area contributed by atoms with Crippen LogP contribution in [-0.4, -0.2) is 15.2 Å². The van der Waals surface area contributed by atoms with Gasteiger partial charge in [0, 0.05) is 11.9 Å². The molecular formula is C9H11N5S2. The van der Waals surface area contributed by atoms with Crippen LogP contribution in [0, 0.1) is 6.92 Å². The molecule has 0 spiro atoms. The molecule has 0 aliphatic heterocycles. The number of nitrogens with one attached hydrogen (secondary N) is 1. The minimum Gasteiger partial charge on any atom is -0.308 e. The Morgan fingerprint density at radius 2 is 2.38 bits per heavy atom. The molecule has 3 N–H and O–H groups in total. The van der Waals surface area contributed by atoms with Crippen LogP contribution in [0.15, 0.2) is 22.7 Å². The second-order valence-electron chi connectivity index (χ2n) is 3.07. The van der Waals surface area contributed by atoms with Crippen LogP contribution in [0.2, 0.25) is 0 Å². The Hall–Kier alpha value is -1.18. The number of nitrogens with two attached hydrogens (primary N) is 1. The molecule has 16 heavy (non-hydrogen) atoms. The van der Waals surface area contributed by atoms with E-state index in [0.717, 1.165) is 20.7 Å². The summed E-state index contributed by atoms with van der Waals surface area (Å²) < 4.78 is 0.983. The Balaban J connectivity index is 1.99. The van der Waals surface area contributed by atoms with Crippen molar-refractivity contribution >= 4 is 28.9 Å². The third-order valence-electron chi connectivity index (χ3n) is 1.84. The summed E-state index contributed by atoms with van der Waals surface area (Å²) in [5.74, 6) is 6.80. The maximum absolute atomic E-state index is 5.29. The molecule has 0 fully saturated rings. The van der Waals surface area contributed by atoms with Crippen LogP contribution in [0.3, 0.4) is 0 Å². The van der Waals surface area contributed by atoms with Crippen molar-refractivity contribution in [3.8, 4) is 0 Å². The van der Waals surface area contributed by atoms with Crippen LogP contribution in [0.4, 0.5) is 5.82 Å². The first-order chi connectivity index (χ1) is 7.78. The van der Waals surface area contributed by atoms with Gasteiger partial charge >= 0.3 is 0 Å². The molecule has 0 saturated carbocycles. The minimum absolute atomic E-state index is 0.673. The highest BCUT2D eigenvalue weighted by Gasteiger charge is 2.02. The van der Waals surface area contributed by atoms with Crippen LogP contribution in [0.5, 0.6) is 0 Å². The first-order valence-corrected chi connectivity index (χ1v) is 6.42. The Bertz CT molecular complexity index is 470. The van der Waals surface area contributed by atoms with Crippen molar-refractivity contribution in [1.82, 2.24) is 15.2 Å². The molecule has 0 amide bonds. The third-order valence-corrected chi connectivity index (χ3v) is 3.89. The largest absolute Gasteiger partial charge is 0.308 e. The van der Waals surface area contributed by atoms with E-state index in [0.29, 0.717) is 5.82 Å². The standard InChI is InChI=1S/C9H11N5S2/c1-6-13-14-9(16-6)15-5-7-2-3-11-8(4-7)12-10/h2-4H,5,10H2,1H3,(H,11,12). The molecule has 2 heterocycles. The van der Waals surface area contributed by atoms with Gasteiger partial charge in [0.25, 0.3) is 0 Å². The number of nitrogen functional groups attached to an aromatic ring is 1. The summed E-state index contributed by atoms with van der Waals surface area (Å²) in [6.07, 6.45) is 1.73. The van der Waals surface area contributed by atoms with Gasteiger partial charge in [-0.1, -0.05) is 23.1 Å². The Morgan fingerprint density at radius 3 is 3.06 bits per heavy atom. The number of aromatic nitrogens is 3. The highest BCUT2D eigenvalue weighted by molar-refractivity contribution is 8.00. The predicted molar refractivity (Wildman–Crippen MR) is 66.3 cm³/mol. The molecule has 5 nitrogen and oxygen atoms in total. The SMILES string of the molecule is Cc1nnc(SCc2ccnc(NN)c2)s1. The van der Waals surface area contributed by atoms with Crippen molar-refractivity contribution in [2.24, 2.45) is 5.84 Å². The van der Waals surface area contributed by atoms with E-state index in [4.69, 9.17) is 5.84 Å². The van der Waals surface area contributed by atoms with Crippen molar-refractivity contribution in [3.63, 3.8) is 0 Å². The first-order valence-electron chi connectivity index (χ1n) is 4.62. The van der Waals surface area contributed by atoms with Crippen molar-refractivity contribution in [3.05, 3.63) is 28.9 Å². The smallest absolute Gasteiger partial charge is 0.174 e. The zero-order valence-electron chi connectivity index (χ0n) is 8.67. The number of hydrogen-bond acceptors (Lipinski definition) is 7. The van der Waals surface area contributed by atoms with Gasteiger partial charge < -0.3 is 5.43 Å². The second kappa shape index (κ2) is 5.24. The lowest BCUT2D eigenvalue weighted by molar-refractivity contribution is 0.983. The number of aryl methyl sites for hydroxylation is 1. The van der Waals surface area contributed by atoms with Crippen molar-refractivity contribution < 1.29 is 0 Å². The van der Waals surface area contributed by atoms with E-state index >= 15 is 0 Å². The van der Waals surface area contributed by atoms with E-state index in [1.54, 1.807) is 29.3 Å². The lowest BCUT2D eigenvalue weighted by atomic mass is 10.3. The minimum atomic E-state index is 0.673. The van der Waals surface area contributed by atoms with Gasteiger partial charge in [0.15, 0.2) is 4.34 Å². The van der Waals surface area contributed by atoms with E-state index in [1.807, 2.05) is 19.1 Å². The molecule has 84 valence electrons. The van der Waals surface area contributed by atoms with E-state index in [9.17, 15) is 0 Å². The number of hydrazine groups is 1. The number of rotatable bonds is 4. The molecule has 0 aliphatic rings. The zero-order chi connectivity index (χ0) is 11.4. The summed E-state index contributed by atoms with van der Waals surface area (Å²) in [5.41, 5.74) is 3.68. The summed E-state index contributed by atoms with van der Waals surface area (Å²) in [4.78, 5) is 4.05. The zero-order valence-corrected chi connectivity index (χ0v) is 10.3. The fourth-order valence-corrected chi connectivity index (χ4v) is 2.88. The van der Waals surface area contributed by atoms with Gasteiger partial charge in [0.05, 0.1) is 0 Å². The fourth-order valence-electron chi connectivity index (χ4n) is 1.12. The van der Waals surface area contributed by atoms with Crippen LogP contribution in [0.25, 0.3) is 0 Å². The summed E-state index contributed by atoms with van der Waals surface area (Å²) in [6, 6.07) is 3.88. The van der Waals surface area contributed by atoms with Gasteiger partial charge in [0.2, 0.25) is 0 Å². The molecule has 0 aromatic carbocycles. The number of pyridine rings is 1. The lowest BCUT2D eigenvalue weighted by Gasteiger charge is -2.01. The Kier molecular flexibility index (Phi) is 3.70. The normalized spacial score (nSPS) is 10.4. The van der Waals surface area contributed by atoms with Crippen LogP contribution in [-0.2, 0) is 5.75 Å². The topological polar surface area (TPSA) is 76.7 Å². The molecule has 0 atom stereocenters. The van der Waals surface area contributed by atoms with Crippen molar-refractivity contribution in [2.75, 3.05) is 5.43 Å². The molecule has 2 aromatic rings. The van der Waals surface area contributed by atoms with Gasteiger partial charge in [-0.05, 0) is 24.6 Å². The lowest BCUT2D eigenvalue weighted by Crippen LogP contribution is -2.08. The van der Waals surface area contributed by atoms with Gasteiger partial charge in [-0.25, -0.2) is 10.8 Å². The molecule has 0 radical (unpaired) electrons. The number of hydrogen-bond donors (Lipinski definition) is 2. The first kappa shape index (κ1) is 11.3. The van der Waals surface area contributed by atoms with Gasteiger partial charge in [-0.3, -0.25) is 0 Å². The van der Waals surface area contributed by atoms with Gasteiger partial charge in [-0.15, -0.1) is 10.2 Å². The van der Waals surface area contributed by atoms with E-state index < -0.39 is 0 Å². The molecule has 7 heteroatoms. The summed E-state index contributed by atoms with van der Waals surface area (Å²) in [5, 5.41) is 9.00. The van der Waals surface area contributed by atoms with Gasteiger partial charge in [0.1, 0.15) is 10.8 Å². The fraction of sp³-hybridized carbons (Fsp3) is 0.222. The molecule has 0 unspecified atom stereocenters. The quantitative estimate of drug-likeness (QED) is 0.492. The number of anilines is 1. The summed E-state index contributed by atoms with van der Waals surface area (Å²) >= 11 is 3.26. The Labute approximate surface area is 101 Å². The van der Waals surface area contributed by atoms with Crippen LogP contribution >= 0.6 is 23.1 Å². The number of nitrogens with zero attached hydrogens (tertiary/aromatic N) is 3. The predicted octanol–water partition coefficient (Wildman–Crippen LogP) is 1.82. The maximum atomic E-state index is 5.29. The summed E-state index contributed by atoms with van der Waals surface area (Å²) in [7, 11) is 0. The molecule has 2 rings (SSSR count). The van der Waals surface area contributed by atoms with Crippen LogP contribution < -0.4 is 11.3 Å². The van der Waals surface area contributed by atoms with Crippen LogP contribution in [0.1, 0.15) is 10.6 Å². The van der Waals surface area contributed by atoms with E-state index in [1.165, 1.54) is 0 Å². The monoisotopic (exact) mass is 253 g/mol.